The maximum absolute atomic E-state index is 11.1. The lowest BCUT2D eigenvalue weighted by atomic mass is 9.70. The third-order valence-electron chi connectivity index (χ3n) is 3.76. The van der Waals surface area contributed by atoms with Crippen LogP contribution in [0.4, 0.5) is 5.69 Å². The number of benzene rings is 1. The summed E-state index contributed by atoms with van der Waals surface area (Å²) in [6.07, 6.45) is 3.75. The van der Waals surface area contributed by atoms with Gasteiger partial charge in [0.15, 0.2) is 0 Å². The molecular weight excluding hydrogens is 214 g/mol. The summed E-state index contributed by atoms with van der Waals surface area (Å²) >= 11 is 0. The average Bonchev–Trinajstić information content (AvgIpc) is 2.24. The van der Waals surface area contributed by atoms with Gasteiger partial charge in [0.1, 0.15) is 0 Å². The first-order valence-corrected chi connectivity index (χ1v) is 6.09. The summed E-state index contributed by atoms with van der Waals surface area (Å²) in [5, 5.41) is 12.5. The molecule has 0 amide bonds. The van der Waals surface area contributed by atoms with Crippen LogP contribution in [0.25, 0.3) is 0 Å². The Kier molecular flexibility index (Phi) is 3.09. The van der Waals surface area contributed by atoms with Crippen LogP contribution in [0.2, 0.25) is 0 Å². The molecule has 92 valence electrons. The van der Waals surface area contributed by atoms with E-state index in [1.54, 1.807) is 12.1 Å². The summed E-state index contributed by atoms with van der Waals surface area (Å²) in [5.41, 5.74) is 2.48. The van der Waals surface area contributed by atoms with E-state index in [2.05, 4.69) is 12.2 Å². The zero-order chi connectivity index (χ0) is 12.5. The molecule has 0 saturated heterocycles. The fraction of sp³-hybridized carbons (Fsp3) is 0.500. The van der Waals surface area contributed by atoms with Gasteiger partial charge in [-0.2, -0.15) is 0 Å². The number of carbonyl (C=O) groups is 1. The Bertz CT molecular complexity index is 436. The number of aromatic carboxylic acids is 1. The number of hydrogen-bond acceptors (Lipinski definition) is 2. The number of hydrogen-bond donors (Lipinski definition) is 2. The van der Waals surface area contributed by atoms with E-state index >= 15 is 0 Å². The van der Waals surface area contributed by atoms with Crippen molar-refractivity contribution in [2.45, 2.75) is 33.1 Å². The molecule has 1 aromatic rings. The molecule has 3 heteroatoms. The van der Waals surface area contributed by atoms with Crippen LogP contribution in [0.5, 0.6) is 0 Å². The van der Waals surface area contributed by atoms with Gasteiger partial charge in [-0.15, -0.1) is 0 Å². The normalized spacial score (nSPS) is 17.3. The second-order valence-electron chi connectivity index (χ2n) is 5.32. The smallest absolute Gasteiger partial charge is 0.337 e. The highest BCUT2D eigenvalue weighted by Gasteiger charge is 2.31. The van der Waals surface area contributed by atoms with Gasteiger partial charge in [0.05, 0.1) is 11.3 Å². The van der Waals surface area contributed by atoms with Crippen molar-refractivity contribution in [2.75, 3.05) is 11.9 Å². The lowest BCUT2D eigenvalue weighted by Gasteiger charge is -2.39. The molecular formula is C14H19NO2. The van der Waals surface area contributed by atoms with Crippen LogP contribution >= 0.6 is 0 Å². The zero-order valence-electron chi connectivity index (χ0n) is 10.4. The first-order chi connectivity index (χ1) is 8.02. The van der Waals surface area contributed by atoms with Gasteiger partial charge in [-0.25, -0.2) is 4.79 Å². The van der Waals surface area contributed by atoms with Crippen molar-refractivity contribution in [1.29, 1.82) is 0 Å². The van der Waals surface area contributed by atoms with Crippen LogP contribution < -0.4 is 5.32 Å². The summed E-state index contributed by atoms with van der Waals surface area (Å²) in [7, 11) is 0. The zero-order valence-corrected chi connectivity index (χ0v) is 10.4. The Hall–Kier alpha value is -1.51. The van der Waals surface area contributed by atoms with Crippen LogP contribution in [0.3, 0.4) is 0 Å². The Morgan fingerprint density at radius 2 is 2.18 bits per heavy atom. The van der Waals surface area contributed by atoms with Crippen LogP contribution in [0.15, 0.2) is 18.2 Å². The van der Waals surface area contributed by atoms with Crippen molar-refractivity contribution in [1.82, 2.24) is 0 Å². The van der Waals surface area contributed by atoms with E-state index in [1.807, 2.05) is 13.0 Å². The number of anilines is 1. The monoisotopic (exact) mass is 233 g/mol. The fourth-order valence-corrected chi connectivity index (χ4v) is 2.34. The Morgan fingerprint density at radius 3 is 2.71 bits per heavy atom. The molecule has 1 aliphatic rings. The summed E-state index contributed by atoms with van der Waals surface area (Å²) < 4.78 is 0. The molecule has 3 nitrogen and oxygen atoms in total. The first kappa shape index (κ1) is 12.0. The molecule has 0 heterocycles. The fourth-order valence-electron chi connectivity index (χ4n) is 2.34. The highest BCUT2D eigenvalue weighted by atomic mass is 16.4. The molecule has 1 aromatic carbocycles. The molecule has 0 spiro atoms. The van der Waals surface area contributed by atoms with Crippen LogP contribution in [-0.4, -0.2) is 17.6 Å². The standard InChI is InChI=1S/C14H19NO2/c1-10-5-3-6-11(13(16)17)12(10)15-9-14(2)7-4-8-14/h3,5-6,15H,4,7-9H2,1-2H3,(H,16,17). The molecule has 2 N–H and O–H groups in total. The van der Waals surface area contributed by atoms with Crippen molar-refractivity contribution in [3.63, 3.8) is 0 Å². The van der Waals surface area contributed by atoms with E-state index in [0.29, 0.717) is 11.0 Å². The number of carboxylic acids is 1. The molecule has 1 fully saturated rings. The van der Waals surface area contributed by atoms with Gasteiger partial charge in [0.2, 0.25) is 0 Å². The molecule has 0 aliphatic heterocycles. The highest BCUT2D eigenvalue weighted by molar-refractivity contribution is 5.95. The van der Waals surface area contributed by atoms with Gasteiger partial charge >= 0.3 is 5.97 Å². The van der Waals surface area contributed by atoms with Gasteiger partial charge < -0.3 is 10.4 Å². The SMILES string of the molecule is Cc1cccc(C(=O)O)c1NCC1(C)CCC1. The number of nitrogens with one attached hydrogen (secondary N) is 1. The number of aryl methyl sites for hydroxylation is 1. The average molecular weight is 233 g/mol. The summed E-state index contributed by atoms with van der Waals surface area (Å²) in [6.45, 7) is 5.05. The molecule has 0 unspecified atom stereocenters. The number of para-hydroxylation sites is 1. The molecule has 1 saturated carbocycles. The van der Waals surface area contributed by atoms with Crippen molar-refractivity contribution < 1.29 is 9.90 Å². The lowest BCUT2D eigenvalue weighted by molar-refractivity contribution is 0.0697. The van der Waals surface area contributed by atoms with E-state index in [0.717, 1.165) is 17.8 Å². The van der Waals surface area contributed by atoms with Crippen molar-refractivity contribution in [3.8, 4) is 0 Å². The number of rotatable bonds is 4. The minimum Gasteiger partial charge on any atom is -0.478 e. The molecule has 0 radical (unpaired) electrons. The predicted octanol–water partition coefficient (Wildman–Crippen LogP) is 3.30. The largest absolute Gasteiger partial charge is 0.478 e. The van der Waals surface area contributed by atoms with Crippen LogP contribution in [-0.2, 0) is 0 Å². The molecule has 17 heavy (non-hydrogen) atoms. The summed E-state index contributed by atoms with van der Waals surface area (Å²) in [6, 6.07) is 5.38. The first-order valence-electron chi connectivity index (χ1n) is 6.09. The highest BCUT2D eigenvalue weighted by Crippen LogP contribution is 2.40. The van der Waals surface area contributed by atoms with Gasteiger partial charge in [-0.05, 0) is 36.8 Å². The Labute approximate surface area is 102 Å². The predicted molar refractivity (Wildman–Crippen MR) is 68.6 cm³/mol. The molecule has 0 atom stereocenters. The second kappa shape index (κ2) is 4.40. The van der Waals surface area contributed by atoms with E-state index in [1.165, 1.54) is 19.3 Å². The summed E-state index contributed by atoms with van der Waals surface area (Å²) in [5.74, 6) is -0.866. The van der Waals surface area contributed by atoms with Gasteiger partial charge in [-0.3, -0.25) is 0 Å². The summed E-state index contributed by atoms with van der Waals surface area (Å²) in [4.78, 5) is 11.1. The minimum absolute atomic E-state index is 0.345. The third kappa shape index (κ3) is 2.43. The van der Waals surface area contributed by atoms with Gasteiger partial charge in [0.25, 0.3) is 0 Å². The van der Waals surface area contributed by atoms with E-state index in [9.17, 15) is 4.79 Å². The molecule has 0 bridgehead atoms. The quantitative estimate of drug-likeness (QED) is 0.839. The van der Waals surface area contributed by atoms with Gasteiger partial charge in [-0.1, -0.05) is 25.5 Å². The minimum atomic E-state index is -0.866. The second-order valence-corrected chi connectivity index (χ2v) is 5.32. The van der Waals surface area contributed by atoms with Crippen molar-refractivity contribution in [3.05, 3.63) is 29.3 Å². The van der Waals surface area contributed by atoms with Crippen molar-refractivity contribution in [2.24, 2.45) is 5.41 Å². The number of carboxylic acid groups (broad SMARTS) is 1. The Morgan fingerprint density at radius 1 is 1.47 bits per heavy atom. The Balaban J connectivity index is 2.16. The molecule has 1 aliphatic carbocycles. The van der Waals surface area contributed by atoms with Crippen molar-refractivity contribution >= 4 is 11.7 Å². The molecule has 0 aromatic heterocycles. The van der Waals surface area contributed by atoms with Crippen LogP contribution in [0, 0.1) is 12.3 Å². The molecule has 2 rings (SSSR count). The third-order valence-corrected chi connectivity index (χ3v) is 3.76. The maximum atomic E-state index is 11.1. The van der Waals surface area contributed by atoms with Gasteiger partial charge in [0, 0.05) is 6.54 Å². The van der Waals surface area contributed by atoms with Crippen LogP contribution in [0.1, 0.15) is 42.1 Å². The topological polar surface area (TPSA) is 49.3 Å². The van der Waals surface area contributed by atoms with E-state index < -0.39 is 5.97 Å². The van der Waals surface area contributed by atoms with E-state index in [-0.39, 0.29) is 0 Å². The van der Waals surface area contributed by atoms with E-state index in [4.69, 9.17) is 5.11 Å². The lowest BCUT2D eigenvalue weighted by Crippen LogP contribution is -2.33. The maximum Gasteiger partial charge on any atom is 0.337 e.